The lowest BCUT2D eigenvalue weighted by Crippen LogP contribution is -1.92. The van der Waals surface area contributed by atoms with Gasteiger partial charge in [-0.3, -0.25) is 69.8 Å². The van der Waals surface area contributed by atoms with Gasteiger partial charge in [0.05, 0.1) is 51.2 Å². The van der Waals surface area contributed by atoms with E-state index in [4.69, 9.17) is 0 Å². The Balaban J connectivity index is 0.000000146. The van der Waals surface area contributed by atoms with E-state index >= 15 is 0 Å². The molecule has 14 nitrogen and oxygen atoms in total. The first-order valence-electron chi connectivity index (χ1n) is 32.3. The summed E-state index contributed by atoms with van der Waals surface area (Å²) in [5.74, 6) is 0. The molecule has 98 heavy (non-hydrogen) atoms. The molecule has 0 aliphatic heterocycles. The maximum absolute atomic E-state index is 4.42. The largest absolute Gasteiger partial charge is 0.264 e. The van der Waals surface area contributed by atoms with Crippen LogP contribution in [-0.4, -0.2) is 69.8 Å². The van der Waals surface area contributed by atoms with Gasteiger partial charge in [-0.1, -0.05) is 60.7 Å². The average molecular weight is 1290 g/mol. The van der Waals surface area contributed by atoms with Crippen molar-refractivity contribution in [1.29, 1.82) is 0 Å². The minimum Gasteiger partial charge on any atom is -0.264 e. The predicted molar refractivity (Wildman–Crippen MR) is 399 cm³/mol. The summed E-state index contributed by atoms with van der Waals surface area (Å²) in [7, 11) is 0. The van der Waals surface area contributed by atoms with E-state index in [1.807, 2.05) is 272 Å². The average Bonchev–Trinajstić information content (AvgIpc) is 1.02. The Kier molecular flexibility index (Phi) is 26.9. The zero-order valence-corrected chi connectivity index (χ0v) is 58.5. The summed E-state index contributed by atoms with van der Waals surface area (Å²) in [6.45, 7) is 28.4. The van der Waals surface area contributed by atoms with Crippen molar-refractivity contribution >= 4 is 0 Å². The second-order valence-electron chi connectivity index (χ2n) is 23.8. The number of hydrogen-bond donors (Lipinski definition) is 0. The maximum Gasteiger partial charge on any atom is 0.0917 e. The Labute approximate surface area is 577 Å². The van der Waals surface area contributed by atoms with Gasteiger partial charge in [0.15, 0.2) is 0 Å². The Morgan fingerprint density at radius 1 is 0.214 bits per heavy atom. The van der Waals surface area contributed by atoms with Crippen molar-refractivity contribution in [2.75, 3.05) is 0 Å². The molecule has 0 radical (unpaired) electrons. The molecule has 14 heterocycles. The lowest BCUT2D eigenvalue weighted by molar-refractivity contribution is 1.15. The quantitative estimate of drug-likeness (QED) is 0.147. The van der Waals surface area contributed by atoms with Gasteiger partial charge in [-0.05, 0) is 256 Å². The topological polar surface area (TPSA) is 180 Å². The van der Waals surface area contributed by atoms with Gasteiger partial charge in [-0.2, -0.15) is 0 Å². The molecule has 0 saturated heterocycles. The minimum absolute atomic E-state index is 0.926. The van der Waals surface area contributed by atoms with Crippen LogP contribution in [-0.2, 0) is 0 Å². The molecule has 490 valence electrons. The Morgan fingerprint density at radius 2 is 0.582 bits per heavy atom. The monoisotopic (exact) mass is 1290 g/mol. The van der Waals surface area contributed by atoms with E-state index in [0.29, 0.717) is 0 Å². The third-order valence-corrected chi connectivity index (χ3v) is 14.9. The SMILES string of the molecule is Cc1ccc(-c2cc(C)ccn2)nc1.Cc1ccc(-c2ccc(C)cn2)nc1.Cc1ccc(-c2cncc(C)c2)nc1.Cc1cccc(-c2cccc(C)n2)n1.Cc1cccnc1-c1ncccc1C.Cc1cncc(-c2cncc(C)c2)c1.Cc1ncccc1-c1cccnc1C. The van der Waals surface area contributed by atoms with E-state index < -0.39 is 0 Å². The molecule has 0 N–H and O–H groups in total. The number of aromatic nitrogens is 14. The second-order valence-corrected chi connectivity index (χ2v) is 23.8. The van der Waals surface area contributed by atoms with Crippen LogP contribution in [0.15, 0.2) is 257 Å². The van der Waals surface area contributed by atoms with Crippen LogP contribution < -0.4 is 0 Å². The van der Waals surface area contributed by atoms with Crippen molar-refractivity contribution < 1.29 is 0 Å². The molecule has 0 aliphatic rings. The lowest BCUT2D eigenvalue weighted by Gasteiger charge is -2.06. The van der Waals surface area contributed by atoms with Crippen LogP contribution in [0.2, 0.25) is 0 Å². The maximum atomic E-state index is 4.42. The van der Waals surface area contributed by atoms with E-state index in [1.54, 1.807) is 12.4 Å². The van der Waals surface area contributed by atoms with Gasteiger partial charge < -0.3 is 0 Å². The molecule has 0 unspecified atom stereocenters. The number of aryl methyl sites for hydroxylation is 14. The molecule has 0 atom stereocenters. The molecule has 0 saturated carbocycles. The predicted octanol–water partition coefficient (Wildman–Crippen LogP) is 19.3. The third-order valence-electron chi connectivity index (χ3n) is 14.9. The highest BCUT2D eigenvalue weighted by Crippen LogP contribution is 2.25. The summed E-state index contributed by atoms with van der Waals surface area (Å²) in [4.78, 5) is 60.1. The highest BCUT2D eigenvalue weighted by atomic mass is 14.8. The van der Waals surface area contributed by atoms with Gasteiger partial charge in [-0.15, -0.1) is 0 Å². The summed E-state index contributed by atoms with van der Waals surface area (Å²) >= 11 is 0. The molecule has 0 aliphatic carbocycles. The smallest absolute Gasteiger partial charge is 0.0917 e. The first-order chi connectivity index (χ1) is 47.3. The van der Waals surface area contributed by atoms with Crippen molar-refractivity contribution in [3.05, 3.63) is 335 Å². The van der Waals surface area contributed by atoms with Gasteiger partial charge in [0.25, 0.3) is 0 Å². The first kappa shape index (κ1) is 71.9. The van der Waals surface area contributed by atoms with Gasteiger partial charge in [0.1, 0.15) is 0 Å². The van der Waals surface area contributed by atoms with Gasteiger partial charge >= 0.3 is 0 Å². The second kappa shape index (κ2) is 36.7. The van der Waals surface area contributed by atoms with Crippen LogP contribution in [0.3, 0.4) is 0 Å². The number of rotatable bonds is 7. The molecular weight excluding hydrogens is 1210 g/mol. The van der Waals surface area contributed by atoms with Crippen molar-refractivity contribution in [2.45, 2.75) is 96.9 Å². The van der Waals surface area contributed by atoms with E-state index in [9.17, 15) is 0 Å². The van der Waals surface area contributed by atoms with Crippen molar-refractivity contribution in [1.82, 2.24) is 69.8 Å². The van der Waals surface area contributed by atoms with Crippen LogP contribution in [0.25, 0.3) is 79.1 Å². The summed E-state index contributed by atoms with van der Waals surface area (Å²) in [5, 5.41) is 0. The standard InChI is InChI=1S/7C12H12N2/c1-9-3-11(7-13-5-9)12-4-10(2)6-14-8-12;1-9-3-5-11(13-7-9)12-6-4-10(2)8-14-12;1-9-11(5-3-7-13-9)12-6-4-8-14-10(12)2;1-9-5-3-7-13-11(9)12-10(2)6-4-8-14-12;1-9-5-3-7-11(13-9)12-8-4-6-10(2)14-12;1-9-3-4-12(14-7-9)11-5-10(2)6-13-8-11;1-9-5-6-13-12(7-9)11-4-3-10(2)8-14-11/h7*3-8H,1-2H3. The Bertz CT molecular complexity index is 4310. The molecule has 0 spiro atoms. The van der Waals surface area contributed by atoms with Gasteiger partial charge in [0.2, 0.25) is 0 Å². The van der Waals surface area contributed by atoms with Crippen LogP contribution in [0, 0.1) is 96.9 Å². The Hall–Kier alpha value is -11.9. The molecule has 14 heteroatoms. The van der Waals surface area contributed by atoms with Crippen molar-refractivity contribution in [3.8, 4) is 79.1 Å². The minimum atomic E-state index is 0.926. The van der Waals surface area contributed by atoms with Crippen LogP contribution >= 0.6 is 0 Å². The fraction of sp³-hybridized carbons (Fsp3) is 0.167. The van der Waals surface area contributed by atoms with Crippen LogP contribution in [0.5, 0.6) is 0 Å². The van der Waals surface area contributed by atoms with E-state index in [2.05, 4.69) is 139 Å². The zero-order valence-electron chi connectivity index (χ0n) is 58.5. The number of pyridine rings is 14. The molecule has 14 aromatic rings. The Morgan fingerprint density at radius 3 is 0.939 bits per heavy atom. The molecule has 14 rings (SSSR count). The van der Waals surface area contributed by atoms with Crippen LogP contribution in [0.1, 0.15) is 78.4 Å². The summed E-state index contributed by atoms with van der Waals surface area (Å²) in [6, 6.07) is 54.5. The fourth-order valence-corrected chi connectivity index (χ4v) is 9.67. The molecule has 0 bridgehead atoms. The van der Waals surface area contributed by atoms with Crippen LogP contribution in [0.4, 0.5) is 0 Å². The molecular formula is C84H84N14. The van der Waals surface area contributed by atoms with E-state index in [1.165, 1.54) is 38.9 Å². The molecule has 0 fully saturated rings. The number of nitrogens with zero attached hydrogens (tertiary/aromatic N) is 14. The lowest BCUT2D eigenvalue weighted by atomic mass is 10.0. The van der Waals surface area contributed by atoms with Gasteiger partial charge in [-0.25, -0.2) is 0 Å². The zero-order chi connectivity index (χ0) is 69.8. The summed E-state index contributed by atoms with van der Waals surface area (Å²) < 4.78 is 0. The normalized spacial score (nSPS) is 10.1. The van der Waals surface area contributed by atoms with Crippen molar-refractivity contribution in [3.63, 3.8) is 0 Å². The molecule has 0 aromatic carbocycles. The molecule has 0 amide bonds. The summed E-state index contributed by atoms with van der Waals surface area (Å²) in [6.07, 6.45) is 27.6. The van der Waals surface area contributed by atoms with Gasteiger partial charge in [0, 0.05) is 144 Å². The fourth-order valence-electron chi connectivity index (χ4n) is 9.67. The van der Waals surface area contributed by atoms with Crippen molar-refractivity contribution in [2.24, 2.45) is 0 Å². The first-order valence-corrected chi connectivity index (χ1v) is 32.3. The van der Waals surface area contributed by atoms with E-state index in [0.717, 1.165) is 119 Å². The highest BCUT2D eigenvalue weighted by Gasteiger charge is 2.08. The highest BCUT2D eigenvalue weighted by molar-refractivity contribution is 5.68. The molecule has 14 aromatic heterocycles. The van der Waals surface area contributed by atoms with E-state index in [-0.39, 0.29) is 0 Å². The third kappa shape index (κ3) is 22.7. The summed E-state index contributed by atoms with van der Waals surface area (Å²) in [5.41, 5.74) is 30.0. The number of hydrogen-bond acceptors (Lipinski definition) is 14.